The molecule has 8 nitrogen and oxygen atoms in total. The van der Waals surface area contributed by atoms with Gasteiger partial charge in [0.05, 0.1) is 10.6 Å². The number of aromatic nitrogens is 2. The molecule has 0 aliphatic heterocycles. The third kappa shape index (κ3) is 4.63. The molecule has 0 saturated heterocycles. The van der Waals surface area contributed by atoms with Gasteiger partial charge in [-0.2, -0.15) is 0 Å². The quantitative estimate of drug-likeness (QED) is 0.425. The summed E-state index contributed by atoms with van der Waals surface area (Å²) >= 11 is 1.37. The lowest BCUT2D eigenvalue weighted by Crippen LogP contribution is -2.15. The van der Waals surface area contributed by atoms with E-state index in [1.54, 1.807) is 18.2 Å². The number of carbonyl (C=O) groups is 1. The minimum Gasteiger partial charge on any atom is -0.442 e. The minimum absolute atomic E-state index is 0.0215. The van der Waals surface area contributed by atoms with Gasteiger partial charge in [-0.05, 0) is 12.0 Å². The smallest absolute Gasteiger partial charge is 0.404 e. The van der Waals surface area contributed by atoms with Crippen LogP contribution in [0.2, 0.25) is 0 Å². The lowest BCUT2D eigenvalue weighted by Gasteiger charge is -2.11. The van der Waals surface area contributed by atoms with Crippen molar-refractivity contribution in [2.75, 3.05) is 0 Å². The molecule has 0 bridgehead atoms. The molecule has 26 heavy (non-hydrogen) atoms. The van der Waals surface area contributed by atoms with E-state index in [9.17, 15) is 14.9 Å². The van der Waals surface area contributed by atoms with Gasteiger partial charge in [0.1, 0.15) is 10.9 Å². The average Bonchev–Trinajstić information content (AvgIpc) is 2.91. The normalized spacial score (nSPS) is 10.7. The lowest BCUT2D eigenvalue weighted by atomic mass is 10.1. The molecular formula is C17H20N4O4S. The number of hydrogen-bond donors (Lipinski definition) is 1. The molecule has 1 aromatic carbocycles. The third-order valence-electron chi connectivity index (χ3n) is 3.47. The number of ether oxygens (including phenoxy) is 1. The number of carbonyl (C=O) groups excluding carboxylic acids is 1. The van der Waals surface area contributed by atoms with Crippen molar-refractivity contribution in [2.45, 2.75) is 42.8 Å². The van der Waals surface area contributed by atoms with Crippen LogP contribution in [0, 0.1) is 10.1 Å². The van der Waals surface area contributed by atoms with Crippen LogP contribution < -0.4 is 5.73 Å². The molecule has 0 saturated carbocycles. The number of nitro benzene ring substituents is 1. The third-order valence-corrected chi connectivity index (χ3v) is 4.58. The van der Waals surface area contributed by atoms with Crippen LogP contribution in [-0.2, 0) is 17.9 Å². The van der Waals surface area contributed by atoms with Crippen LogP contribution in [-0.4, -0.2) is 20.6 Å². The van der Waals surface area contributed by atoms with E-state index in [4.69, 9.17) is 10.5 Å². The van der Waals surface area contributed by atoms with Gasteiger partial charge in [0.2, 0.25) is 0 Å². The molecule has 0 atom stereocenters. The number of non-ortho nitro benzene ring substituents is 1. The van der Waals surface area contributed by atoms with Crippen molar-refractivity contribution in [2.24, 2.45) is 5.73 Å². The van der Waals surface area contributed by atoms with Gasteiger partial charge in [-0.1, -0.05) is 37.8 Å². The number of primary amides is 1. The van der Waals surface area contributed by atoms with Crippen molar-refractivity contribution >= 4 is 23.5 Å². The molecule has 0 fully saturated rings. The second-order valence-corrected chi connectivity index (χ2v) is 6.80. The van der Waals surface area contributed by atoms with E-state index >= 15 is 0 Å². The van der Waals surface area contributed by atoms with Crippen LogP contribution in [0.1, 0.15) is 31.3 Å². The highest BCUT2D eigenvalue weighted by molar-refractivity contribution is 7.99. The van der Waals surface area contributed by atoms with Crippen molar-refractivity contribution < 1.29 is 14.5 Å². The maximum Gasteiger partial charge on any atom is 0.404 e. The van der Waals surface area contributed by atoms with Crippen molar-refractivity contribution in [1.82, 2.24) is 9.55 Å². The van der Waals surface area contributed by atoms with Crippen molar-refractivity contribution in [3.05, 3.63) is 58.6 Å². The fraction of sp³-hybridized carbons (Fsp3) is 0.294. The number of hydrogen-bond acceptors (Lipinski definition) is 6. The Labute approximate surface area is 155 Å². The Morgan fingerprint density at radius 1 is 1.54 bits per heavy atom. The number of rotatable bonds is 8. The van der Waals surface area contributed by atoms with Crippen LogP contribution in [0.5, 0.6) is 0 Å². The van der Waals surface area contributed by atoms with Gasteiger partial charge in [-0.3, -0.25) is 10.1 Å². The molecule has 2 N–H and O–H groups in total. The standard InChI is InChI=1S/C17H20N4O4S/c1-4-8-20-14(10-25-17(18)22)19-15(11(2)3)16(20)26-13-7-5-6-12(9-13)21(23)24/h4-7,9,11H,1,8,10H2,2-3H3,(H2,18,22). The minimum atomic E-state index is -0.878. The van der Waals surface area contributed by atoms with Gasteiger partial charge in [0.25, 0.3) is 5.69 Å². The summed E-state index contributed by atoms with van der Waals surface area (Å²) in [5.74, 6) is 0.648. The molecule has 0 radical (unpaired) electrons. The van der Waals surface area contributed by atoms with Crippen molar-refractivity contribution in [3.63, 3.8) is 0 Å². The second kappa shape index (κ2) is 8.52. The number of nitro groups is 1. The highest BCUT2D eigenvalue weighted by Crippen LogP contribution is 2.36. The maximum absolute atomic E-state index is 11.0. The predicted octanol–water partition coefficient (Wildman–Crippen LogP) is 3.85. The predicted molar refractivity (Wildman–Crippen MR) is 98.1 cm³/mol. The summed E-state index contributed by atoms with van der Waals surface area (Å²) in [6.45, 7) is 8.14. The fourth-order valence-electron chi connectivity index (χ4n) is 2.32. The highest BCUT2D eigenvalue weighted by atomic mass is 32.2. The van der Waals surface area contributed by atoms with Gasteiger partial charge < -0.3 is 15.0 Å². The fourth-order valence-corrected chi connectivity index (χ4v) is 3.55. The molecule has 0 unspecified atom stereocenters. The van der Waals surface area contributed by atoms with Crippen LogP contribution in [0.25, 0.3) is 0 Å². The molecule has 138 valence electrons. The zero-order chi connectivity index (χ0) is 19.3. The Hall–Kier alpha value is -2.81. The number of allylic oxidation sites excluding steroid dienone is 1. The topological polar surface area (TPSA) is 113 Å². The Kier molecular flexibility index (Phi) is 6.40. The van der Waals surface area contributed by atoms with E-state index < -0.39 is 11.0 Å². The Bertz CT molecular complexity index is 832. The van der Waals surface area contributed by atoms with Crippen molar-refractivity contribution in [1.29, 1.82) is 0 Å². The largest absolute Gasteiger partial charge is 0.442 e. The second-order valence-electron chi connectivity index (χ2n) is 5.74. The molecule has 2 aromatic rings. The molecule has 1 aromatic heterocycles. The van der Waals surface area contributed by atoms with E-state index in [1.165, 1.54) is 23.9 Å². The molecule has 1 amide bonds. The summed E-state index contributed by atoms with van der Waals surface area (Å²) in [4.78, 5) is 26.8. The first-order valence-corrected chi connectivity index (χ1v) is 8.69. The van der Waals surface area contributed by atoms with Crippen LogP contribution >= 0.6 is 11.8 Å². The number of benzene rings is 1. The summed E-state index contributed by atoms with van der Waals surface area (Å²) in [6.07, 6.45) is 0.828. The van der Waals surface area contributed by atoms with E-state index in [2.05, 4.69) is 11.6 Å². The Morgan fingerprint density at radius 2 is 2.27 bits per heavy atom. The summed E-state index contributed by atoms with van der Waals surface area (Å²) in [6, 6.07) is 6.40. The molecule has 9 heteroatoms. The van der Waals surface area contributed by atoms with Gasteiger partial charge >= 0.3 is 6.09 Å². The van der Waals surface area contributed by atoms with E-state index in [0.717, 1.165) is 10.7 Å². The van der Waals surface area contributed by atoms with Gasteiger partial charge in [0, 0.05) is 23.6 Å². The van der Waals surface area contributed by atoms with E-state index in [-0.39, 0.29) is 18.2 Å². The van der Waals surface area contributed by atoms with Crippen LogP contribution in [0.3, 0.4) is 0 Å². The van der Waals surface area contributed by atoms with Gasteiger partial charge in [0.15, 0.2) is 6.61 Å². The maximum atomic E-state index is 11.0. The Balaban J connectivity index is 2.47. The lowest BCUT2D eigenvalue weighted by molar-refractivity contribution is -0.385. The molecule has 0 spiro atoms. The first kappa shape index (κ1) is 19.5. The first-order chi connectivity index (χ1) is 12.3. The first-order valence-electron chi connectivity index (χ1n) is 7.88. The number of imidazole rings is 1. The number of amides is 1. The van der Waals surface area contributed by atoms with E-state index in [0.29, 0.717) is 17.3 Å². The molecule has 0 aliphatic carbocycles. The molecular weight excluding hydrogens is 356 g/mol. The summed E-state index contributed by atoms with van der Waals surface area (Å²) in [7, 11) is 0. The van der Waals surface area contributed by atoms with Crippen LogP contribution in [0.4, 0.5) is 10.5 Å². The summed E-state index contributed by atoms with van der Waals surface area (Å²) < 4.78 is 6.76. The van der Waals surface area contributed by atoms with Crippen molar-refractivity contribution in [3.8, 4) is 0 Å². The zero-order valence-electron chi connectivity index (χ0n) is 14.5. The highest BCUT2D eigenvalue weighted by Gasteiger charge is 2.21. The Morgan fingerprint density at radius 3 is 2.85 bits per heavy atom. The SMILES string of the molecule is C=CCn1c(COC(N)=O)nc(C(C)C)c1Sc1cccc([N+](=O)[O-])c1. The van der Waals surface area contributed by atoms with Gasteiger partial charge in [-0.25, -0.2) is 9.78 Å². The zero-order valence-corrected chi connectivity index (χ0v) is 15.4. The molecule has 0 aliphatic rings. The number of nitrogens with zero attached hydrogens (tertiary/aromatic N) is 3. The van der Waals surface area contributed by atoms with Crippen LogP contribution in [0.15, 0.2) is 46.8 Å². The summed E-state index contributed by atoms with van der Waals surface area (Å²) in [5.41, 5.74) is 5.88. The molecule has 2 rings (SSSR count). The average molecular weight is 376 g/mol. The number of nitrogens with two attached hydrogens (primary N) is 1. The monoisotopic (exact) mass is 376 g/mol. The molecule has 1 heterocycles. The van der Waals surface area contributed by atoms with Gasteiger partial charge in [-0.15, -0.1) is 6.58 Å². The van der Waals surface area contributed by atoms with E-state index in [1.807, 2.05) is 18.4 Å². The summed E-state index contributed by atoms with van der Waals surface area (Å²) in [5, 5.41) is 11.8.